The van der Waals surface area contributed by atoms with Gasteiger partial charge < -0.3 is 15.4 Å². The second-order valence-electron chi connectivity index (χ2n) is 4.79. The van der Waals surface area contributed by atoms with Crippen LogP contribution in [0.3, 0.4) is 0 Å². The van der Waals surface area contributed by atoms with E-state index < -0.39 is 12.0 Å². The van der Waals surface area contributed by atoms with Crippen molar-refractivity contribution in [3.05, 3.63) is 35.9 Å². The molecule has 1 amide bonds. The van der Waals surface area contributed by atoms with Gasteiger partial charge in [-0.2, -0.15) is 0 Å². The molecule has 0 aromatic heterocycles. The van der Waals surface area contributed by atoms with E-state index >= 15 is 0 Å². The zero-order chi connectivity index (χ0) is 15.0. The van der Waals surface area contributed by atoms with Crippen LogP contribution in [0.15, 0.2) is 30.3 Å². The normalized spacial score (nSPS) is 12.0. The van der Waals surface area contributed by atoms with E-state index in [9.17, 15) is 9.59 Å². The Morgan fingerprint density at radius 1 is 1.20 bits per heavy atom. The molecule has 0 saturated carbocycles. The van der Waals surface area contributed by atoms with Gasteiger partial charge in [-0.25, -0.2) is 4.79 Å². The number of hydrogen-bond donors (Lipinski definition) is 2. The highest BCUT2D eigenvalue weighted by Gasteiger charge is 2.22. The number of methoxy groups -OCH3 is 1. The Morgan fingerprint density at radius 3 is 2.40 bits per heavy atom. The molecule has 0 aliphatic heterocycles. The van der Waals surface area contributed by atoms with Crippen LogP contribution >= 0.6 is 0 Å². The number of carbonyl (C=O) groups excluding carboxylic acids is 2. The van der Waals surface area contributed by atoms with Crippen molar-refractivity contribution in [3.63, 3.8) is 0 Å². The van der Waals surface area contributed by atoms with Crippen LogP contribution < -0.4 is 10.6 Å². The molecule has 0 aliphatic rings. The average molecular weight is 278 g/mol. The minimum absolute atomic E-state index is 0.183. The quantitative estimate of drug-likeness (QED) is 0.740. The third kappa shape index (κ3) is 5.40. The molecule has 1 unspecified atom stereocenters. The lowest BCUT2D eigenvalue weighted by atomic mass is 10.1. The van der Waals surface area contributed by atoms with Crippen LogP contribution in [0.4, 0.5) is 0 Å². The zero-order valence-electron chi connectivity index (χ0n) is 12.2. The van der Waals surface area contributed by atoms with Gasteiger partial charge in [0, 0.05) is 19.0 Å². The van der Waals surface area contributed by atoms with Gasteiger partial charge in [0.05, 0.1) is 7.11 Å². The Morgan fingerprint density at radius 2 is 1.85 bits per heavy atom. The highest BCUT2D eigenvalue weighted by Crippen LogP contribution is 2.14. The Bertz CT molecular complexity index is 432. The summed E-state index contributed by atoms with van der Waals surface area (Å²) in [6.07, 6.45) is 0.318. The summed E-state index contributed by atoms with van der Waals surface area (Å²) < 4.78 is 4.74. The summed E-state index contributed by atoms with van der Waals surface area (Å²) in [6, 6.07) is 8.63. The third-order valence-corrected chi connectivity index (χ3v) is 2.78. The van der Waals surface area contributed by atoms with Crippen molar-refractivity contribution in [1.29, 1.82) is 0 Å². The van der Waals surface area contributed by atoms with Crippen LogP contribution in [0, 0.1) is 0 Å². The molecular weight excluding hydrogens is 256 g/mol. The van der Waals surface area contributed by atoms with Crippen LogP contribution in [-0.2, 0) is 14.3 Å². The molecule has 0 heterocycles. The first-order valence-corrected chi connectivity index (χ1v) is 6.70. The predicted molar refractivity (Wildman–Crippen MR) is 77.1 cm³/mol. The van der Waals surface area contributed by atoms with Crippen LogP contribution in [0.1, 0.15) is 31.9 Å². The minimum atomic E-state index is -0.757. The first-order chi connectivity index (χ1) is 9.54. The number of ether oxygens (including phenoxy) is 1. The van der Waals surface area contributed by atoms with Gasteiger partial charge in [0.2, 0.25) is 5.91 Å². The molecule has 5 nitrogen and oxygen atoms in total. The molecule has 0 bridgehead atoms. The summed E-state index contributed by atoms with van der Waals surface area (Å²) >= 11 is 0. The molecule has 0 saturated heterocycles. The number of esters is 1. The first-order valence-electron chi connectivity index (χ1n) is 6.70. The van der Waals surface area contributed by atoms with Crippen LogP contribution in [-0.4, -0.2) is 31.6 Å². The van der Waals surface area contributed by atoms with Crippen LogP contribution in [0.2, 0.25) is 0 Å². The van der Waals surface area contributed by atoms with E-state index in [0.29, 0.717) is 24.6 Å². The molecule has 0 spiro atoms. The van der Waals surface area contributed by atoms with Crippen molar-refractivity contribution >= 4 is 11.9 Å². The fourth-order valence-electron chi connectivity index (χ4n) is 1.75. The number of benzene rings is 1. The fraction of sp³-hybridized carbons (Fsp3) is 0.467. The summed E-state index contributed by atoms with van der Waals surface area (Å²) in [7, 11) is 1.31. The van der Waals surface area contributed by atoms with Crippen molar-refractivity contribution in [1.82, 2.24) is 10.6 Å². The second-order valence-corrected chi connectivity index (χ2v) is 4.79. The summed E-state index contributed by atoms with van der Waals surface area (Å²) in [5.74, 6) is -0.654. The highest BCUT2D eigenvalue weighted by atomic mass is 16.5. The Hall–Kier alpha value is -1.88. The van der Waals surface area contributed by atoms with Crippen LogP contribution in [0.5, 0.6) is 0 Å². The zero-order valence-corrected chi connectivity index (χ0v) is 12.2. The van der Waals surface area contributed by atoms with Gasteiger partial charge in [-0.1, -0.05) is 44.2 Å². The topological polar surface area (TPSA) is 67.4 Å². The van der Waals surface area contributed by atoms with Gasteiger partial charge in [-0.3, -0.25) is 4.79 Å². The van der Waals surface area contributed by atoms with Crippen molar-refractivity contribution in [2.45, 2.75) is 32.4 Å². The molecule has 1 rings (SSSR count). The summed E-state index contributed by atoms with van der Waals surface area (Å²) in [4.78, 5) is 23.6. The van der Waals surface area contributed by atoms with E-state index in [2.05, 4.69) is 10.6 Å². The maximum Gasteiger partial charge on any atom is 0.333 e. The van der Waals surface area contributed by atoms with E-state index in [4.69, 9.17) is 4.74 Å². The lowest BCUT2D eigenvalue weighted by molar-refractivity contribution is -0.145. The van der Waals surface area contributed by atoms with Crippen molar-refractivity contribution in [2.75, 3.05) is 13.7 Å². The Balaban J connectivity index is 2.62. The van der Waals surface area contributed by atoms with Gasteiger partial charge >= 0.3 is 5.97 Å². The van der Waals surface area contributed by atoms with Crippen molar-refractivity contribution < 1.29 is 14.3 Å². The SMILES string of the molecule is COC(=O)C(NC(=O)CCNC(C)C)c1ccccc1. The van der Waals surface area contributed by atoms with Gasteiger partial charge in [-0.05, 0) is 5.56 Å². The Kier molecular flexibility index (Phi) is 6.73. The predicted octanol–water partition coefficient (Wildman–Crippen LogP) is 1.40. The van der Waals surface area contributed by atoms with Gasteiger partial charge in [0.15, 0.2) is 6.04 Å². The molecule has 1 aromatic rings. The second kappa shape index (κ2) is 8.32. The number of hydrogen-bond acceptors (Lipinski definition) is 4. The molecular formula is C15H22N2O3. The smallest absolute Gasteiger partial charge is 0.333 e. The molecule has 0 fully saturated rings. The molecule has 5 heteroatoms. The van der Waals surface area contributed by atoms with E-state index in [0.717, 1.165) is 0 Å². The lowest BCUT2D eigenvalue weighted by Gasteiger charge is -2.17. The molecule has 20 heavy (non-hydrogen) atoms. The molecule has 0 radical (unpaired) electrons. The summed E-state index contributed by atoms with van der Waals surface area (Å²) in [6.45, 7) is 4.60. The summed E-state index contributed by atoms with van der Waals surface area (Å²) in [5, 5.41) is 5.86. The van der Waals surface area contributed by atoms with E-state index in [1.807, 2.05) is 32.0 Å². The number of amides is 1. The average Bonchev–Trinajstić information content (AvgIpc) is 2.44. The summed E-state index contributed by atoms with van der Waals surface area (Å²) in [5.41, 5.74) is 0.713. The minimum Gasteiger partial charge on any atom is -0.467 e. The van der Waals surface area contributed by atoms with Gasteiger partial charge in [0.25, 0.3) is 0 Å². The largest absolute Gasteiger partial charge is 0.467 e. The molecule has 2 N–H and O–H groups in total. The third-order valence-electron chi connectivity index (χ3n) is 2.78. The van der Waals surface area contributed by atoms with E-state index in [1.165, 1.54) is 7.11 Å². The van der Waals surface area contributed by atoms with Gasteiger partial charge in [-0.15, -0.1) is 0 Å². The standard InChI is InChI=1S/C15H22N2O3/c1-11(2)16-10-9-13(18)17-14(15(19)20-3)12-7-5-4-6-8-12/h4-8,11,14,16H,9-10H2,1-3H3,(H,17,18). The maximum atomic E-state index is 11.9. The fourth-order valence-corrected chi connectivity index (χ4v) is 1.75. The Labute approximate surface area is 119 Å². The molecule has 1 aromatic carbocycles. The number of rotatable bonds is 7. The van der Waals surface area contributed by atoms with Crippen LogP contribution in [0.25, 0.3) is 0 Å². The van der Waals surface area contributed by atoms with E-state index in [-0.39, 0.29) is 5.91 Å². The van der Waals surface area contributed by atoms with Crippen molar-refractivity contribution in [2.24, 2.45) is 0 Å². The van der Waals surface area contributed by atoms with Gasteiger partial charge in [0.1, 0.15) is 0 Å². The molecule has 1 atom stereocenters. The van der Waals surface area contributed by atoms with Crippen molar-refractivity contribution in [3.8, 4) is 0 Å². The lowest BCUT2D eigenvalue weighted by Crippen LogP contribution is -2.36. The van der Waals surface area contributed by atoms with E-state index in [1.54, 1.807) is 12.1 Å². The molecule has 110 valence electrons. The maximum absolute atomic E-state index is 11.9. The number of carbonyl (C=O) groups is 2. The first kappa shape index (κ1) is 16.2. The molecule has 0 aliphatic carbocycles. The monoisotopic (exact) mass is 278 g/mol. The highest BCUT2D eigenvalue weighted by molar-refractivity contribution is 5.85. The number of nitrogens with one attached hydrogen (secondary N) is 2.